The molecule has 1 aliphatic heterocycles. The molecule has 6 heteroatoms. The van der Waals surface area contributed by atoms with Crippen LogP contribution in [-0.2, 0) is 13.0 Å². The van der Waals surface area contributed by atoms with Crippen LogP contribution in [0.3, 0.4) is 0 Å². The van der Waals surface area contributed by atoms with Gasteiger partial charge in [-0.25, -0.2) is 0 Å². The Morgan fingerprint density at radius 1 is 1.36 bits per heavy atom. The second-order valence-corrected chi connectivity index (χ2v) is 5.75. The minimum Gasteiger partial charge on any atom is -0.377 e. The number of benzene rings is 1. The number of carbonyl (C=O) groups is 1. The van der Waals surface area contributed by atoms with E-state index in [0.717, 1.165) is 41.2 Å². The van der Waals surface area contributed by atoms with Gasteiger partial charge in [0.25, 0.3) is 5.91 Å². The highest BCUT2D eigenvalue weighted by molar-refractivity contribution is 6.04. The van der Waals surface area contributed by atoms with Crippen molar-refractivity contribution in [1.82, 2.24) is 15.5 Å². The van der Waals surface area contributed by atoms with E-state index in [1.165, 1.54) is 0 Å². The van der Waals surface area contributed by atoms with Gasteiger partial charge < -0.3 is 15.5 Å². The summed E-state index contributed by atoms with van der Waals surface area (Å²) in [7, 11) is 3.98. The summed E-state index contributed by atoms with van der Waals surface area (Å²) in [5.41, 5.74) is 5.47. The highest BCUT2D eigenvalue weighted by Gasteiger charge is 2.22. The topological polar surface area (TPSA) is 73.0 Å². The molecule has 0 saturated heterocycles. The second-order valence-electron chi connectivity index (χ2n) is 5.75. The van der Waals surface area contributed by atoms with Gasteiger partial charge in [0.1, 0.15) is 0 Å². The molecule has 1 aromatic carbocycles. The molecule has 0 unspecified atom stereocenters. The summed E-state index contributed by atoms with van der Waals surface area (Å²) >= 11 is 0. The van der Waals surface area contributed by atoms with Crippen molar-refractivity contribution < 1.29 is 4.79 Å². The Labute approximate surface area is 129 Å². The van der Waals surface area contributed by atoms with Gasteiger partial charge in [-0.3, -0.25) is 9.89 Å². The molecule has 0 spiro atoms. The molecule has 0 radical (unpaired) electrons. The second kappa shape index (κ2) is 5.81. The smallest absolute Gasteiger partial charge is 0.276 e. The van der Waals surface area contributed by atoms with E-state index < -0.39 is 0 Å². The SMILES string of the molecule is Cc1c(NC(=O)c2n[nH]c3c2CNCC3)cccc1N(C)C. The van der Waals surface area contributed by atoms with E-state index in [9.17, 15) is 4.79 Å². The van der Waals surface area contributed by atoms with Gasteiger partial charge in [0.15, 0.2) is 5.69 Å². The van der Waals surface area contributed by atoms with Crippen molar-refractivity contribution in [2.24, 2.45) is 0 Å². The molecule has 2 aromatic rings. The number of fused-ring (bicyclic) bond motifs is 1. The maximum Gasteiger partial charge on any atom is 0.276 e. The molecule has 0 fully saturated rings. The number of hydrogen-bond donors (Lipinski definition) is 3. The molecule has 0 atom stereocenters. The molecular formula is C16H21N5O. The van der Waals surface area contributed by atoms with E-state index >= 15 is 0 Å². The average molecular weight is 299 g/mol. The summed E-state index contributed by atoms with van der Waals surface area (Å²) in [6, 6.07) is 5.89. The van der Waals surface area contributed by atoms with Gasteiger partial charge in [-0.1, -0.05) is 6.07 Å². The van der Waals surface area contributed by atoms with Gasteiger partial charge in [0, 0.05) is 56.2 Å². The first-order valence-corrected chi connectivity index (χ1v) is 7.43. The van der Waals surface area contributed by atoms with Gasteiger partial charge in [0.05, 0.1) is 0 Å². The van der Waals surface area contributed by atoms with Crippen LogP contribution < -0.4 is 15.5 Å². The summed E-state index contributed by atoms with van der Waals surface area (Å²) < 4.78 is 0. The molecule has 116 valence electrons. The normalized spacial score (nSPS) is 13.6. The minimum atomic E-state index is -0.166. The maximum atomic E-state index is 12.5. The lowest BCUT2D eigenvalue weighted by Crippen LogP contribution is -2.25. The lowest BCUT2D eigenvalue weighted by atomic mass is 10.1. The number of H-pyrrole nitrogens is 1. The third kappa shape index (κ3) is 2.57. The molecule has 0 saturated carbocycles. The molecule has 3 rings (SSSR count). The van der Waals surface area contributed by atoms with Crippen LogP contribution in [0.1, 0.15) is 27.3 Å². The molecule has 1 amide bonds. The molecular weight excluding hydrogens is 278 g/mol. The minimum absolute atomic E-state index is 0.166. The fourth-order valence-corrected chi connectivity index (χ4v) is 2.84. The number of nitrogens with one attached hydrogen (secondary N) is 3. The number of carbonyl (C=O) groups excluding carboxylic acids is 1. The first kappa shape index (κ1) is 14.6. The van der Waals surface area contributed by atoms with Gasteiger partial charge in [-0.05, 0) is 24.6 Å². The van der Waals surface area contributed by atoms with Crippen LogP contribution in [0.2, 0.25) is 0 Å². The average Bonchev–Trinajstić information content (AvgIpc) is 2.93. The predicted molar refractivity (Wildman–Crippen MR) is 87.5 cm³/mol. The summed E-state index contributed by atoms with van der Waals surface area (Å²) in [5, 5.41) is 13.4. The number of nitrogens with zero attached hydrogens (tertiary/aromatic N) is 2. The largest absolute Gasteiger partial charge is 0.377 e. The number of rotatable bonds is 3. The number of hydrogen-bond acceptors (Lipinski definition) is 4. The third-order valence-electron chi connectivity index (χ3n) is 4.06. The van der Waals surface area contributed by atoms with E-state index in [2.05, 4.69) is 20.8 Å². The Bertz CT molecular complexity index is 705. The number of aromatic nitrogens is 2. The van der Waals surface area contributed by atoms with Gasteiger partial charge in [-0.2, -0.15) is 5.10 Å². The zero-order valence-corrected chi connectivity index (χ0v) is 13.2. The van der Waals surface area contributed by atoms with Crippen LogP contribution in [-0.4, -0.2) is 36.7 Å². The van der Waals surface area contributed by atoms with Crippen LogP contribution in [0.15, 0.2) is 18.2 Å². The van der Waals surface area contributed by atoms with Crippen LogP contribution >= 0.6 is 0 Å². The lowest BCUT2D eigenvalue weighted by Gasteiger charge is -2.18. The van der Waals surface area contributed by atoms with Crippen molar-refractivity contribution in [3.8, 4) is 0 Å². The third-order valence-corrected chi connectivity index (χ3v) is 4.06. The van der Waals surface area contributed by atoms with E-state index in [4.69, 9.17) is 0 Å². The summed E-state index contributed by atoms with van der Waals surface area (Å²) in [4.78, 5) is 14.6. The Balaban J connectivity index is 1.86. The first-order valence-electron chi connectivity index (χ1n) is 7.43. The Morgan fingerprint density at radius 2 is 2.18 bits per heavy atom. The molecule has 6 nitrogen and oxygen atoms in total. The zero-order chi connectivity index (χ0) is 15.7. The van der Waals surface area contributed by atoms with E-state index in [1.807, 2.05) is 44.1 Å². The highest BCUT2D eigenvalue weighted by atomic mass is 16.1. The lowest BCUT2D eigenvalue weighted by molar-refractivity contribution is 0.102. The van der Waals surface area contributed by atoms with Crippen molar-refractivity contribution in [3.63, 3.8) is 0 Å². The van der Waals surface area contributed by atoms with Crippen LogP contribution in [0, 0.1) is 6.92 Å². The van der Waals surface area contributed by atoms with Crippen molar-refractivity contribution in [2.45, 2.75) is 19.9 Å². The molecule has 3 N–H and O–H groups in total. The highest BCUT2D eigenvalue weighted by Crippen LogP contribution is 2.26. The number of aromatic amines is 1. The molecule has 22 heavy (non-hydrogen) atoms. The maximum absolute atomic E-state index is 12.5. The van der Waals surface area contributed by atoms with Crippen LogP contribution in [0.4, 0.5) is 11.4 Å². The van der Waals surface area contributed by atoms with Gasteiger partial charge in [-0.15, -0.1) is 0 Å². The van der Waals surface area contributed by atoms with Crippen molar-refractivity contribution in [2.75, 3.05) is 30.9 Å². The molecule has 1 aliphatic rings. The summed E-state index contributed by atoms with van der Waals surface area (Å²) in [6.07, 6.45) is 0.880. The quantitative estimate of drug-likeness (QED) is 0.806. The van der Waals surface area contributed by atoms with E-state index in [0.29, 0.717) is 12.2 Å². The summed E-state index contributed by atoms with van der Waals surface area (Å²) in [5.74, 6) is -0.166. The van der Waals surface area contributed by atoms with Crippen molar-refractivity contribution in [3.05, 3.63) is 40.7 Å². The number of anilines is 2. The molecule has 2 heterocycles. The van der Waals surface area contributed by atoms with Gasteiger partial charge >= 0.3 is 0 Å². The monoisotopic (exact) mass is 299 g/mol. The Morgan fingerprint density at radius 3 is 2.95 bits per heavy atom. The first-order chi connectivity index (χ1) is 10.6. The van der Waals surface area contributed by atoms with Crippen molar-refractivity contribution in [1.29, 1.82) is 0 Å². The number of amides is 1. The van der Waals surface area contributed by atoms with E-state index in [1.54, 1.807) is 0 Å². The van der Waals surface area contributed by atoms with Gasteiger partial charge in [0.2, 0.25) is 0 Å². The standard InChI is InChI=1S/C16H21N5O/c1-10-12(5-4-6-14(10)21(2)3)18-16(22)15-11-9-17-8-7-13(11)19-20-15/h4-6,17H,7-9H2,1-3H3,(H,18,22)(H,19,20). The fourth-order valence-electron chi connectivity index (χ4n) is 2.84. The van der Waals surface area contributed by atoms with Crippen LogP contribution in [0.5, 0.6) is 0 Å². The van der Waals surface area contributed by atoms with E-state index in [-0.39, 0.29) is 5.91 Å². The molecule has 0 aliphatic carbocycles. The Kier molecular flexibility index (Phi) is 3.85. The van der Waals surface area contributed by atoms with Crippen LogP contribution in [0.25, 0.3) is 0 Å². The zero-order valence-electron chi connectivity index (χ0n) is 13.2. The van der Waals surface area contributed by atoms with Crippen molar-refractivity contribution >= 4 is 17.3 Å². The molecule has 0 bridgehead atoms. The fraction of sp³-hybridized carbons (Fsp3) is 0.375. The summed E-state index contributed by atoms with van der Waals surface area (Å²) in [6.45, 7) is 3.61. The predicted octanol–water partition coefficient (Wildman–Crippen LogP) is 1.68. The molecule has 1 aromatic heterocycles. The Hall–Kier alpha value is -2.34.